The first kappa shape index (κ1) is 24.0. The molecule has 0 spiro atoms. The second-order valence-corrected chi connectivity index (χ2v) is 8.55. The van der Waals surface area contributed by atoms with Crippen molar-refractivity contribution in [2.24, 2.45) is 5.10 Å². The van der Waals surface area contributed by atoms with Crippen molar-refractivity contribution >= 4 is 51.2 Å². The molecule has 0 aliphatic carbocycles. The van der Waals surface area contributed by atoms with E-state index in [0.29, 0.717) is 42.1 Å². The predicted octanol–water partition coefficient (Wildman–Crippen LogP) is 5.28. The van der Waals surface area contributed by atoms with Crippen LogP contribution in [0.1, 0.15) is 30.7 Å². The lowest BCUT2D eigenvalue weighted by molar-refractivity contribution is -0.142. The molecule has 3 rings (SSSR count). The summed E-state index contributed by atoms with van der Waals surface area (Å²) in [6.07, 6.45) is 1.84. The second-order valence-electron chi connectivity index (χ2n) is 6.53. The van der Waals surface area contributed by atoms with E-state index in [1.165, 1.54) is 11.3 Å². The van der Waals surface area contributed by atoms with Crippen molar-refractivity contribution in [2.75, 3.05) is 18.6 Å². The first-order valence-electron chi connectivity index (χ1n) is 10.1. The number of hydrogen-bond acceptors (Lipinski definition) is 8. The monoisotopic (exact) mass is 565 g/mol. The second kappa shape index (κ2) is 12.4. The highest BCUT2D eigenvalue weighted by atomic mass is 127. The lowest BCUT2D eigenvalue weighted by Gasteiger charge is -2.14. The molecule has 0 aliphatic rings. The molecule has 0 bridgehead atoms. The van der Waals surface area contributed by atoms with Gasteiger partial charge < -0.3 is 14.2 Å². The van der Waals surface area contributed by atoms with Crippen LogP contribution < -0.4 is 14.9 Å². The van der Waals surface area contributed by atoms with Gasteiger partial charge in [0.25, 0.3) is 0 Å². The van der Waals surface area contributed by atoms with Crippen LogP contribution in [0.15, 0.2) is 52.9 Å². The SMILES string of the molecule is CCOC(=O)Cc1csc(NN=Cc2cc(I)c(OCc3ccccc3)c(OCC)c2)n1. The number of aromatic nitrogens is 1. The number of nitrogens with one attached hydrogen (secondary N) is 1. The number of rotatable bonds is 11. The van der Waals surface area contributed by atoms with Gasteiger partial charge in [0.1, 0.15) is 6.61 Å². The third kappa shape index (κ3) is 7.20. The van der Waals surface area contributed by atoms with Crippen LogP contribution in [0.4, 0.5) is 5.13 Å². The Hall–Kier alpha value is -2.66. The van der Waals surface area contributed by atoms with E-state index in [2.05, 4.69) is 38.1 Å². The number of carbonyl (C=O) groups excluding carboxylic acids is 1. The Morgan fingerprint density at radius 3 is 2.75 bits per heavy atom. The van der Waals surface area contributed by atoms with Crippen molar-refractivity contribution in [3.8, 4) is 11.5 Å². The maximum absolute atomic E-state index is 11.6. The summed E-state index contributed by atoms with van der Waals surface area (Å²) >= 11 is 3.61. The van der Waals surface area contributed by atoms with Gasteiger partial charge >= 0.3 is 5.97 Å². The summed E-state index contributed by atoms with van der Waals surface area (Å²) in [5.41, 5.74) is 5.50. The van der Waals surface area contributed by atoms with E-state index >= 15 is 0 Å². The summed E-state index contributed by atoms with van der Waals surface area (Å²) in [6.45, 7) is 5.06. The van der Waals surface area contributed by atoms with Crippen molar-refractivity contribution in [1.82, 2.24) is 4.98 Å². The van der Waals surface area contributed by atoms with E-state index in [1.54, 1.807) is 13.1 Å². The Morgan fingerprint density at radius 1 is 1.19 bits per heavy atom. The first-order chi connectivity index (χ1) is 15.6. The highest BCUT2D eigenvalue weighted by Crippen LogP contribution is 2.34. The number of thiazole rings is 1. The number of carbonyl (C=O) groups is 1. The molecule has 32 heavy (non-hydrogen) atoms. The maximum Gasteiger partial charge on any atom is 0.311 e. The topological polar surface area (TPSA) is 82.0 Å². The van der Waals surface area contributed by atoms with Crippen LogP contribution in [0.3, 0.4) is 0 Å². The van der Waals surface area contributed by atoms with Crippen molar-refractivity contribution in [3.63, 3.8) is 0 Å². The van der Waals surface area contributed by atoms with Crippen molar-refractivity contribution < 1.29 is 19.0 Å². The van der Waals surface area contributed by atoms with Gasteiger partial charge in [0, 0.05) is 5.38 Å². The number of esters is 1. The van der Waals surface area contributed by atoms with E-state index in [1.807, 2.05) is 54.8 Å². The molecule has 0 fully saturated rings. The van der Waals surface area contributed by atoms with Crippen LogP contribution in [0.25, 0.3) is 0 Å². The zero-order valence-corrected chi connectivity index (χ0v) is 20.8. The van der Waals surface area contributed by atoms with Gasteiger partial charge in [-0.15, -0.1) is 11.3 Å². The summed E-state index contributed by atoms with van der Waals surface area (Å²) < 4.78 is 17.7. The predicted molar refractivity (Wildman–Crippen MR) is 135 cm³/mol. The van der Waals surface area contributed by atoms with Crippen molar-refractivity contribution in [2.45, 2.75) is 26.9 Å². The van der Waals surface area contributed by atoms with Crippen molar-refractivity contribution in [1.29, 1.82) is 0 Å². The fourth-order valence-corrected chi connectivity index (χ4v) is 4.20. The van der Waals surface area contributed by atoms with Gasteiger partial charge in [0.05, 0.1) is 35.1 Å². The molecular weight excluding hydrogens is 541 g/mol. The normalized spacial score (nSPS) is 10.8. The molecule has 1 heterocycles. The van der Waals surface area contributed by atoms with Crippen LogP contribution in [-0.2, 0) is 22.6 Å². The third-order valence-corrected chi connectivity index (χ3v) is 5.71. The number of hydrazone groups is 1. The minimum absolute atomic E-state index is 0.149. The van der Waals surface area contributed by atoms with E-state index in [0.717, 1.165) is 14.7 Å². The van der Waals surface area contributed by atoms with Crippen LogP contribution in [0, 0.1) is 3.57 Å². The summed E-state index contributed by atoms with van der Waals surface area (Å²) in [5.74, 6) is 1.09. The van der Waals surface area contributed by atoms with Gasteiger partial charge in [-0.1, -0.05) is 30.3 Å². The van der Waals surface area contributed by atoms with Gasteiger partial charge in [-0.3, -0.25) is 10.2 Å². The molecule has 7 nitrogen and oxygen atoms in total. The summed E-state index contributed by atoms with van der Waals surface area (Å²) in [4.78, 5) is 15.9. The van der Waals surface area contributed by atoms with Crippen molar-refractivity contribution in [3.05, 3.63) is 68.2 Å². The van der Waals surface area contributed by atoms with Crippen LogP contribution in [0.5, 0.6) is 11.5 Å². The molecule has 0 aliphatic heterocycles. The minimum Gasteiger partial charge on any atom is -0.490 e. The molecule has 2 aromatic carbocycles. The fraction of sp³-hybridized carbons (Fsp3) is 0.261. The number of ether oxygens (including phenoxy) is 3. The quantitative estimate of drug-likeness (QED) is 0.148. The highest BCUT2D eigenvalue weighted by Gasteiger charge is 2.12. The lowest BCUT2D eigenvalue weighted by Crippen LogP contribution is -2.07. The first-order valence-corrected chi connectivity index (χ1v) is 12.1. The van der Waals surface area contributed by atoms with E-state index < -0.39 is 0 Å². The smallest absolute Gasteiger partial charge is 0.311 e. The Morgan fingerprint density at radius 2 is 2.00 bits per heavy atom. The van der Waals surface area contributed by atoms with E-state index in [-0.39, 0.29) is 12.4 Å². The number of halogens is 1. The molecule has 0 unspecified atom stereocenters. The number of hydrogen-bond donors (Lipinski definition) is 1. The molecule has 0 saturated carbocycles. The molecule has 168 valence electrons. The molecule has 1 aromatic heterocycles. The molecule has 0 atom stereocenters. The average Bonchev–Trinajstić information content (AvgIpc) is 3.21. The fourth-order valence-electron chi connectivity index (χ4n) is 2.76. The summed E-state index contributed by atoms with van der Waals surface area (Å²) in [5, 5.41) is 6.67. The largest absolute Gasteiger partial charge is 0.490 e. The number of nitrogens with zero attached hydrogens (tertiary/aromatic N) is 2. The van der Waals surface area contributed by atoms with Crippen LogP contribution in [0.2, 0.25) is 0 Å². The summed E-state index contributed by atoms with van der Waals surface area (Å²) in [6, 6.07) is 13.9. The zero-order valence-electron chi connectivity index (χ0n) is 17.8. The Labute approximate surface area is 205 Å². The Bertz CT molecular complexity index is 1060. The lowest BCUT2D eigenvalue weighted by atomic mass is 10.2. The number of anilines is 1. The average molecular weight is 565 g/mol. The molecule has 0 saturated heterocycles. The van der Waals surface area contributed by atoms with Crippen LogP contribution >= 0.6 is 33.9 Å². The third-order valence-electron chi connectivity index (χ3n) is 4.11. The maximum atomic E-state index is 11.6. The van der Waals surface area contributed by atoms with E-state index in [4.69, 9.17) is 14.2 Å². The Balaban J connectivity index is 1.65. The molecular formula is C23H24IN3O4S. The molecule has 9 heteroatoms. The molecule has 0 radical (unpaired) electrons. The minimum atomic E-state index is -0.291. The van der Waals surface area contributed by atoms with E-state index in [9.17, 15) is 4.79 Å². The summed E-state index contributed by atoms with van der Waals surface area (Å²) in [7, 11) is 0. The van der Waals surface area contributed by atoms with Gasteiger partial charge in [0.15, 0.2) is 11.5 Å². The number of benzene rings is 2. The zero-order chi connectivity index (χ0) is 22.8. The molecule has 0 amide bonds. The van der Waals surface area contributed by atoms with Gasteiger partial charge in [0.2, 0.25) is 5.13 Å². The van der Waals surface area contributed by atoms with Gasteiger partial charge in [-0.2, -0.15) is 5.10 Å². The Kier molecular flexibility index (Phi) is 9.29. The van der Waals surface area contributed by atoms with Crippen LogP contribution in [-0.4, -0.2) is 30.4 Å². The molecule has 1 N–H and O–H groups in total. The molecule has 3 aromatic rings. The van der Waals surface area contributed by atoms with Gasteiger partial charge in [-0.05, 0) is 59.7 Å². The standard InChI is InChI=1S/C23H24IN3O4S/c1-3-29-20-11-17(10-19(24)22(20)31-14-16-8-6-5-7-9-16)13-25-27-23-26-18(15-32-23)12-21(28)30-4-2/h5-11,13,15H,3-4,12,14H2,1-2H3,(H,26,27). The van der Waals surface area contributed by atoms with Gasteiger partial charge in [-0.25, -0.2) is 4.98 Å². The highest BCUT2D eigenvalue weighted by molar-refractivity contribution is 14.1.